The molecule has 2 rings (SSSR count). The second kappa shape index (κ2) is 9.16. The number of methoxy groups -OCH3 is 1. The molecule has 0 aliphatic carbocycles. The topological polar surface area (TPSA) is 51.1 Å². The Hall–Kier alpha value is -2.89. The van der Waals surface area contributed by atoms with Gasteiger partial charge in [0.25, 0.3) is 0 Å². The van der Waals surface area contributed by atoms with Crippen LogP contribution in [0.25, 0.3) is 0 Å². The predicted octanol–water partition coefficient (Wildman–Crippen LogP) is 4.65. The number of rotatable bonds is 6. The Morgan fingerprint density at radius 2 is 1.89 bits per heavy atom. The Balaban J connectivity index is 2.16. The number of hydrazone groups is 1. The molecule has 144 valence electrons. The maximum atomic E-state index is 13.5. The van der Waals surface area contributed by atoms with Crippen LogP contribution in [0.15, 0.2) is 53.6 Å². The van der Waals surface area contributed by atoms with Crippen LogP contribution in [0.2, 0.25) is 0 Å². The van der Waals surface area contributed by atoms with Crippen molar-refractivity contribution in [2.45, 2.75) is 32.8 Å². The van der Waals surface area contributed by atoms with Crippen molar-refractivity contribution in [1.82, 2.24) is 5.01 Å². The van der Waals surface area contributed by atoms with Crippen LogP contribution in [0, 0.1) is 5.82 Å². The van der Waals surface area contributed by atoms with E-state index in [9.17, 15) is 9.18 Å². The number of ether oxygens (including phenoxy) is 2. The summed E-state index contributed by atoms with van der Waals surface area (Å²) >= 11 is 0. The van der Waals surface area contributed by atoms with E-state index in [2.05, 4.69) is 5.10 Å². The lowest BCUT2D eigenvalue weighted by atomic mass is 10.1. The molecule has 0 saturated heterocycles. The maximum Gasteiger partial charge on any atom is 0.430 e. The average molecular weight is 372 g/mol. The van der Waals surface area contributed by atoms with E-state index in [1.54, 1.807) is 26.8 Å². The van der Waals surface area contributed by atoms with Crippen molar-refractivity contribution < 1.29 is 18.7 Å². The third-order valence-electron chi connectivity index (χ3n) is 3.58. The first-order chi connectivity index (χ1) is 12.8. The minimum Gasteiger partial charge on any atom is -0.494 e. The Bertz CT molecular complexity index is 786. The fraction of sp³-hybridized carbons (Fsp3) is 0.333. The summed E-state index contributed by atoms with van der Waals surface area (Å²) < 4.78 is 23.9. The van der Waals surface area contributed by atoms with Gasteiger partial charge in [-0.3, -0.25) is 0 Å². The third kappa shape index (κ3) is 6.73. The standard InChI is InChI=1S/C21H25FN2O3/c1-21(2,3)27-20(25)24(13-12-16-8-6-5-7-9-16)23-15-17-10-11-18(22)19(14-17)26-4/h5-11,14-15H,12-13H2,1-4H3/b23-15+. The van der Waals surface area contributed by atoms with E-state index in [0.717, 1.165) is 5.56 Å². The highest BCUT2D eigenvalue weighted by Gasteiger charge is 2.21. The number of halogens is 1. The van der Waals surface area contributed by atoms with E-state index >= 15 is 0 Å². The molecule has 2 aromatic carbocycles. The minimum absolute atomic E-state index is 0.118. The van der Waals surface area contributed by atoms with E-state index in [1.165, 1.54) is 30.5 Å². The highest BCUT2D eigenvalue weighted by molar-refractivity contribution is 5.81. The summed E-state index contributed by atoms with van der Waals surface area (Å²) in [6.07, 6.45) is 1.57. The number of hydrogen-bond donors (Lipinski definition) is 0. The normalized spacial score (nSPS) is 11.4. The van der Waals surface area contributed by atoms with Crippen LogP contribution in [0.3, 0.4) is 0 Å². The smallest absolute Gasteiger partial charge is 0.430 e. The van der Waals surface area contributed by atoms with Crippen LogP contribution >= 0.6 is 0 Å². The summed E-state index contributed by atoms with van der Waals surface area (Å²) in [4.78, 5) is 12.5. The van der Waals surface area contributed by atoms with E-state index in [-0.39, 0.29) is 5.75 Å². The summed E-state index contributed by atoms with van der Waals surface area (Å²) in [5.74, 6) is -0.338. The van der Waals surface area contributed by atoms with Gasteiger partial charge >= 0.3 is 6.09 Å². The molecule has 0 N–H and O–H groups in total. The second-order valence-electron chi connectivity index (χ2n) is 6.98. The molecule has 0 aliphatic rings. The molecule has 6 heteroatoms. The number of hydrogen-bond acceptors (Lipinski definition) is 4. The van der Waals surface area contributed by atoms with Gasteiger partial charge in [0.05, 0.1) is 19.9 Å². The van der Waals surface area contributed by atoms with E-state index < -0.39 is 17.5 Å². The van der Waals surface area contributed by atoms with Crippen molar-refractivity contribution >= 4 is 12.3 Å². The van der Waals surface area contributed by atoms with E-state index in [4.69, 9.17) is 9.47 Å². The maximum absolute atomic E-state index is 13.5. The molecule has 1 amide bonds. The monoisotopic (exact) mass is 372 g/mol. The van der Waals surface area contributed by atoms with Crippen molar-refractivity contribution in [3.8, 4) is 5.75 Å². The number of amides is 1. The molecule has 0 aromatic heterocycles. The highest BCUT2D eigenvalue weighted by Crippen LogP contribution is 2.17. The molecule has 27 heavy (non-hydrogen) atoms. The van der Waals surface area contributed by atoms with Gasteiger partial charge in [0.15, 0.2) is 11.6 Å². The van der Waals surface area contributed by atoms with Crippen molar-refractivity contribution in [2.75, 3.05) is 13.7 Å². The summed E-state index contributed by atoms with van der Waals surface area (Å²) in [5, 5.41) is 5.53. The highest BCUT2D eigenvalue weighted by atomic mass is 19.1. The zero-order chi connectivity index (χ0) is 19.9. The zero-order valence-electron chi connectivity index (χ0n) is 16.1. The van der Waals surface area contributed by atoms with Crippen LogP contribution in [-0.2, 0) is 11.2 Å². The third-order valence-corrected chi connectivity index (χ3v) is 3.58. The first kappa shape index (κ1) is 20.4. The number of carbonyl (C=O) groups is 1. The largest absolute Gasteiger partial charge is 0.494 e. The van der Waals surface area contributed by atoms with Crippen molar-refractivity contribution in [3.63, 3.8) is 0 Å². The summed E-state index contributed by atoms with van der Waals surface area (Å²) in [6, 6.07) is 14.2. The molecule has 0 fully saturated rings. The molecule has 0 radical (unpaired) electrons. The molecule has 5 nitrogen and oxygen atoms in total. The molecule has 2 aromatic rings. The van der Waals surface area contributed by atoms with Gasteiger partial charge in [0.1, 0.15) is 5.60 Å². The van der Waals surface area contributed by atoms with Gasteiger partial charge in [-0.15, -0.1) is 0 Å². The predicted molar refractivity (Wildman–Crippen MR) is 104 cm³/mol. The first-order valence-electron chi connectivity index (χ1n) is 8.70. The molecule has 0 atom stereocenters. The fourth-order valence-corrected chi connectivity index (χ4v) is 2.28. The van der Waals surface area contributed by atoms with Gasteiger partial charge in [-0.1, -0.05) is 36.4 Å². The molecule has 0 spiro atoms. The summed E-state index contributed by atoms with van der Waals surface area (Å²) in [5.41, 5.74) is 1.07. The quantitative estimate of drug-likeness (QED) is 0.548. The van der Waals surface area contributed by atoms with Crippen molar-refractivity contribution in [2.24, 2.45) is 5.10 Å². The molecule has 0 aliphatic heterocycles. The fourth-order valence-electron chi connectivity index (χ4n) is 2.28. The van der Waals surface area contributed by atoms with Gasteiger partial charge < -0.3 is 9.47 Å². The van der Waals surface area contributed by atoms with Gasteiger partial charge in [-0.25, -0.2) is 9.18 Å². The zero-order valence-corrected chi connectivity index (χ0v) is 16.1. The average Bonchev–Trinajstić information content (AvgIpc) is 2.62. The second-order valence-corrected chi connectivity index (χ2v) is 6.98. The van der Waals surface area contributed by atoms with Crippen molar-refractivity contribution in [1.29, 1.82) is 0 Å². The van der Waals surface area contributed by atoms with E-state index in [1.807, 2.05) is 30.3 Å². The van der Waals surface area contributed by atoms with Crippen LogP contribution in [0.4, 0.5) is 9.18 Å². The Kier molecular flexibility index (Phi) is 6.93. The van der Waals surface area contributed by atoms with Gasteiger partial charge in [0, 0.05) is 0 Å². The summed E-state index contributed by atoms with van der Waals surface area (Å²) in [6.45, 7) is 5.76. The van der Waals surface area contributed by atoms with Crippen LogP contribution in [-0.4, -0.2) is 36.6 Å². The summed E-state index contributed by atoms with van der Waals surface area (Å²) in [7, 11) is 1.40. The van der Waals surface area contributed by atoms with E-state index in [0.29, 0.717) is 18.5 Å². The lowest BCUT2D eigenvalue weighted by Crippen LogP contribution is -2.35. The molecular weight excluding hydrogens is 347 g/mol. The molecule has 0 heterocycles. The molecule has 0 saturated carbocycles. The number of carbonyl (C=O) groups excluding carboxylic acids is 1. The van der Waals surface area contributed by atoms with Gasteiger partial charge in [-0.05, 0) is 50.5 Å². The van der Waals surface area contributed by atoms with Crippen molar-refractivity contribution in [3.05, 3.63) is 65.5 Å². The molecule has 0 bridgehead atoms. The number of nitrogens with zero attached hydrogens (tertiary/aromatic N) is 2. The Labute approximate surface area is 159 Å². The van der Waals surface area contributed by atoms with Crippen LogP contribution in [0.5, 0.6) is 5.75 Å². The van der Waals surface area contributed by atoms with Gasteiger partial charge in [-0.2, -0.15) is 10.1 Å². The Morgan fingerprint density at radius 3 is 2.52 bits per heavy atom. The van der Waals surface area contributed by atoms with Crippen LogP contribution < -0.4 is 4.74 Å². The Morgan fingerprint density at radius 1 is 1.19 bits per heavy atom. The number of benzene rings is 2. The molecule has 0 unspecified atom stereocenters. The molecular formula is C21H25FN2O3. The SMILES string of the molecule is COc1cc(/C=N/N(CCc2ccccc2)C(=O)OC(C)(C)C)ccc1F. The lowest BCUT2D eigenvalue weighted by molar-refractivity contribution is 0.0258. The van der Waals surface area contributed by atoms with Gasteiger partial charge in [0.2, 0.25) is 0 Å². The first-order valence-corrected chi connectivity index (χ1v) is 8.70. The van der Waals surface area contributed by atoms with Crippen LogP contribution in [0.1, 0.15) is 31.9 Å². The minimum atomic E-state index is -0.628. The lowest BCUT2D eigenvalue weighted by Gasteiger charge is -2.24.